The van der Waals surface area contributed by atoms with Gasteiger partial charge in [0.25, 0.3) is 0 Å². The van der Waals surface area contributed by atoms with Gasteiger partial charge in [0.2, 0.25) is 5.91 Å². The molecule has 0 fully saturated rings. The highest BCUT2D eigenvalue weighted by Crippen LogP contribution is 2.12. The van der Waals surface area contributed by atoms with Crippen LogP contribution in [-0.4, -0.2) is 17.8 Å². The van der Waals surface area contributed by atoms with Crippen LogP contribution in [0.5, 0.6) is 0 Å². The Morgan fingerprint density at radius 3 is 2.44 bits per heavy atom. The molecule has 0 saturated carbocycles. The van der Waals surface area contributed by atoms with E-state index in [1.54, 1.807) is 0 Å². The van der Waals surface area contributed by atoms with Crippen LogP contribution >= 0.6 is 15.9 Å². The summed E-state index contributed by atoms with van der Waals surface area (Å²) in [6, 6.07) is 0. The van der Waals surface area contributed by atoms with Crippen LogP contribution in [0.3, 0.4) is 0 Å². The van der Waals surface area contributed by atoms with Crippen molar-refractivity contribution in [3.8, 4) is 0 Å². The first-order valence-electron chi connectivity index (χ1n) is 6.42. The summed E-state index contributed by atoms with van der Waals surface area (Å²) >= 11 is 3.46. The highest BCUT2D eigenvalue weighted by molar-refractivity contribution is 9.09. The van der Waals surface area contributed by atoms with Crippen LogP contribution in [0.4, 0.5) is 0 Å². The van der Waals surface area contributed by atoms with Crippen LogP contribution in [0.1, 0.15) is 52.9 Å². The van der Waals surface area contributed by atoms with E-state index < -0.39 is 0 Å². The Kier molecular flexibility index (Phi) is 10.1. The summed E-state index contributed by atoms with van der Waals surface area (Å²) in [6.07, 6.45) is 5.21. The molecule has 3 heteroatoms. The lowest BCUT2D eigenvalue weighted by molar-refractivity contribution is -0.121. The van der Waals surface area contributed by atoms with E-state index >= 15 is 0 Å². The maximum atomic E-state index is 11.5. The number of nitrogens with one attached hydrogen (secondary N) is 1. The van der Waals surface area contributed by atoms with Crippen LogP contribution in [0.15, 0.2) is 0 Å². The molecule has 0 spiro atoms. The fourth-order valence-corrected chi connectivity index (χ4v) is 2.32. The second-order valence-electron chi connectivity index (χ2n) is 4.87. The van der Waals surface area contributed by atoms with Crippen molar-refractivity contribution in [1.29, 1.82) is 0 Å². The summed E-state index contributed by atoms with van der Waals surface area (Å²) in [5, 5.41) is 4.08. The third-order valence-electron chi connectivity index (χ3n) is 2.75. The molecule has 0 aromatic carbocycles. The van der Waals surface area contributed by atoms with Gasteiger partial charge in [-0.25, -0.2) is 0 Å². The number of carbonyl (C=O) groups excluding carboxylic acids is 1. The van der Waals surface area contributed by atoms with Crippen LogP contribution in [-0.2, 0) is 4.79 Å². The largest absolute Gasteiger partial charge is 0.356 e. The Balaban J connectivity index is 3.68. The predicted molar refractivity (Wildman–Crippen MR) is 73.9 cm³/mol. The Morgan fingerprint density at radius 1 is 1.25 bits per heavy atom. The van der Waals surface area contributed by atoms with Gasteiger partial charge in [0.15, 0.2) is 0 Å². The summed E-state index contributed by atoms with van der Waals surface area (Å²) in [7, 11) is 0. The fourth-order valence-electron chi connectivity index (χ4n) is 1.68. The first-order chi connectivity index (χ1) is 7.60. The molecule has 0 saturated heterocycles. The molecule has 0 aromatic rings. The molecule has 0 rings (SSSR count). The van der Waals surface area contributed by atoms with Crippen molar-refractivity contribution >= 4 is 21.8 Å². The Hall–Kier alpha value is -0.0500. The van der Waals surface area contributed by atoms with Gasteiger partial charge in [0, 0.05) is 18.3 Å². The van der Waals surface area contributed by atoms with Crippen molar-refractivity contribution in [3.05, 3.63) is 0 Å². The minimum atomic E-state index is 0.212. The summed E-state index contributed by atoms with van der Waals surface area (Å²) in [6.45, 7) is 7.34. The van der Waals surface area contributed by atoms with E-state index in [1.165, 1.54) is 12.8 Å². The third-order valence-corrected chi connectivity index (χ3v) is 3.21. The molecule has 0 bridgehead atoms. The van der Waals surface area contributed by atoms with E-state index in [-0.39, 0.29) is 5.91 Å². The molecule has 2 nitrogen and oxygen atoms in total. The average Bonchev–Trinajstić information content (AvgIpc) is 2.23. The Labute approximate surface area is 109 Å². The molecule has 0 aromatic heterocycles. The van der Waals surface area contributed by atoms with Crippen molar-refractivity contribution in [2.75, 3.05) is 11.9 Å². The van der Waals surface area contributed by atoms with Gasteiger partial charge in [0.05, 0.1) is 0 Å². The van der Waals surface area contributed by atoms with E-state index in [9.17, 15) is 4.79 Å². The number of rotatable bonds is 9. The second-order valence-corrected chi connectivity index (χ2v) is 5.66. The highest BCUT2D eigenvalue weighted by Gasteiger charge is 2.09. The third kappa shape index (κ3) is 9.20. The maximum Gasteiger partial charge on any atom is 0.220 e. The molecule has 1 unspecified atom stereocenters. The summed E-state index contributed by atoms with van der Waals surface area (Å²) in [5.74, 6) is 1.46. The molecule has 0 heterocycles. The van der Waals surface area contributed by atoms with Crippen molar-refractivity contribution in [1.82, 2.24) is 5.32 Å². The molecule has 96 valence electrons. The number of amides is 1. The Bertz CT molecular complexity index is 177. The van der Waals surface area contributed by atoms with E-state index in [1.807, 2.05) is 0 Å². The zero-order chi connectivity index (χ0) is 12.4. The minimum Gasteiger partial charge on any atom is -0.356 e. The Morgan fingerprint density at radius 2 is 1.94 bits per heavy atom. The molecular formula is C13H26BrNO. The zero-order valence-corrected chi connectivity index (χ0v) is 12.5. The van der Waals surface area contributed by atoms with Crippen LogP contribution in [0.2, 0.25) is 0 Å². The topological polar surface area (TPSA) is 29.1 Å². The minimum absolute atomic E-state index is 0.212. The van der Waals surface area contributed by atoms with E-state index in [0.717, 1.165) is 24.7 Å². The molecule has 0 aliphatic heterocycles. The lowest BCUT2D eigenvalue weighted by Gasteiger charge is -2.15. The predicted octanol–water partition coefficient (Wildman–Crippen LogP) is 3.74. The van der Waals surface area contributed by atoms with Gasteiger partial charge in [-0.15, -0.1) is 0 Å². The van der Waals surface area contributed by atoms with Crippen molar-refractivity contribution < 1.29 is 4.79 Å². The van der Waals surface area contributed by atoms with E-state index in [0.29, 0.717) is 18.3 Å². The molecule has 16 heavy (non-hydrogen) atoms. The molecule has 1 amide bonds. The van der Waals surface area contributed by atoms with E-state index in [2.05, 4.69) is 42.0 Å². The monoisotopic (exact) mass is 291 g/mol. The average molecular weight is 292 g/mol. The molecule has 0 aliphatic rings. The van der Waals surface area contributed by atoms with Gasteiger partial charge >= 0.3 is 0 Å². The highest BCUT2D eigenvalue weighted by atomic mass is 79.9. The number of hydrogen-bond acceptors (Lipinski definition) is 1. The zero-order valence-electron chi connectivity index (χ0n) is 10.9. The van der Waals surface area contributed by atoms with Gasteiger partial charge in [-0.3, -0.25) is 4.79 Å². The lowest BCUT2D eigenvalue weighted by Crippen LogP contribution is -2.29. The number of halogens is 1. The molecule has 1 atom stereocenters. The molecular weight excluding hydrogens is 266 g/mol. The number of alkyl halides is 1. The number of carbonyl (C=O) groups is 1. The summed E-state index contributed by atoms with van der Waals surface area (Å²) in [4.78, 5) is 11.5. The van der Waals surface area contributed by atoms with Crippen molar-refractivity contribution in [3.63, 3.8) is 0 Å². The van der Waals surface area contributed by atoms with Crippen molar-refractivity contribution in [2.45, 2.75) is 52.9 Å². The quantitative estimate of drug-likeness (QED) is 0.644. The molecule has 0 aliphatic carbocycles. The first kappa shape index (κ1) is 16.0. The second kappa shape index (κ2) is 10.1. The molecule has 0 radical (unpaired) electrons. The number of hydrogen-bond donors (Lipinski definition) is 1. The maximum absolute atomic E-state index is 11.5. The SMILES string of the molecule is CCCC(CCBr)CNC(=O)CCC(C)C. The van der Waals surface area contributed by atoms with Crippen molar-refractivity contribution in [2.24, 2.45) is 11.8 Å². The van der Waals surface area contributed by atoms with Crippen LogP contribution < -0.4 is 5.32 Å². The summed E-state index contributed by atoms with van der Waals surface area (Å²) < 4.78 is 0. The first-order valence-corrected chi connectivity index (χ1v) is 7.54. The van der Waals surface area contributed by atoms with Gasteiger partial charge in [0.1, 0.15) is 0 Å². The normalized spacial score (nSPS) is 12.8. The van der Waals surface area contributed by atoms with Gasteiger partial charge < -0.3 is 5.32 Å². The van der Waals surface area contributed by atoms with Gasteiger partial charge in [-0.05, 0) is 31.1 Å². The summed E-state index contributed by atoms with van der Waals surface area (Å²) in [5.41, 5.74) is 0. The smallest absolute Gasteiger partial charge is 0.220 e. The van der Waals surface area contributed by atoms with Gasteiger partial charge in [-0.2, -0.15) is 0 Å². The van der Waals surface area contributed by atoms with E-state index in [4.69, 9.17) is 0 Å². The standard InChI is InChI=1S/C13H26BrNO/c1-4-5-12(8-9-14)10-15-13(16)7-6-11(2)3/h11-12H,4-10H2,1-3H3,(H,15,16). The lowest BCUT2D eigenvalue weighted by atomic mass is 10.0. The van der Waals surface area contributed by atoms with Crippen LogP contribution in [0, 0.1) is 11.8 Å². The van der Waals surface area contributed by atoms with Gasteiger partial charge in [-0.1, -0.05) is 43.1 Å². The van der Waals surface area contributed by atoms with Crippen LogP contribution in [0.25, 0.3) is 0 Å². The fraction of sp³-hybridized carbons (Fsp3) is 0.923. The molecule has 1 N–H and O–H groups in total.